The van der Waals surface area contributed by atoms with Crippen molar-refractivity contribution >= 4 is 6.03 Å². The van der Waals surface area contributed by atoms with Gasteiger partial charge in [0.25, 0.3) is 0 Å². The zero-order valence-corrected chi connectivity index (χ0v) is 9.63. The van der Waals surface area contributed by atoms with Gasteiger partial charge >= 0.3 is 6.03 Å². The van der Waals surface area contributed by atoms with Crippen LogP contribution in [0.5, 0.6) is 0 Å². The lowest BCUT2D eigenvalue weighted by molar-refractivity contribution is 0.188. The van der Waals surface area contributed by atoms with Crippen LogP contribution in [-0.2, 0) is 4.74 Å². The van der Waals surface area contributed by atoms with Crippen molar-refractivity contribution in [2.75, 3.05) is 26.3 Å². The molecule has 1 saturated heterocycles. The minimum atomic E-state index is -0.0706. The Morgan fingerprint density at radius 2 is 2.31 bits per heavy atom. The van der Waals surface area contributed by atoms with Crippen LogP contribution in [0.25, 0.3) is 0 Å². The van der Waals surface area contributed by atoms with Crippen LogP contribution >= 0.6 is 0 Å². The number of carbonyl (C=O) groups excluding carboxylic acids is 1. The maximum absolute atomic E-state index is 11.6. The predicted molar refractivity (Wildman–Crippen MR) is 61.1 cm³/mol. The molecule has 1 atom stereocenters. The fourth-order valence-corrected chi connectivity index (χ4v) is 2.15. The van der Waals surface area contributed by atoms with Gasteiger partial charge in [-0.05, 0) is 37.6 Å². The SMILES string of the molecule is NCCC1(CNC(=O)NC2CCOC2)CC1. The molecule has 2 aliphatic rings. The van der Waals surface area contributed by atoms with E-state index in [1.807, 2.05) is 0 Å². The number of urea groups is 1. The van der Waals surface area contributed by atoms with Crippen molar-refractivity contribution in [3.05, 3.63) is 0 Å². The van der Waals surface area contributed by atoms with Crippen LogP contribution in [-0.4, -0.2) is 38.4 Å². The normalized spacial score (nSPS) is 26.4. The van der Waals surface area contributed by atoms with Crippen LogP contribution in [0.2, 0.25) is 0 Å². The summed E-state index contributed by atoms with van der Waals surface area (Å²) in [5, 5.41) is 5.85. The molecule has 1 saturated carbocycles. The lowest BCUT2D eigenvalue weighted by Crippen LogP contribution is -2.44. The maximum Gasteiger partial charge on any atom is 0.315 e. The highest BCUT2D eigenvalue weighted by Crippen LogP contribution is 2.47. The summed E-state index contributed by atoms with van der Waals surface area (Å²) < 4.78 is 5.20. The molecule has 5 nitrogen and oxygen atoms in total. The molecule has 0 aromatic rings. The first-order chi connectivity index (χ1) is 7.74. The highest BCUT2D eigenvalue weighted by atomic mass is 16.5. The number of hydrogen-bond donors (Lipinski definition) is 3. The Hall–Kier alpha value is -0.810. The molecule has 0 aromatic heterocycles. The Morgan fingerprint density at radius 1 is 1.50 bits per heavy atom. The highest BCUT2D eigenvalue weighted by molar-refractivity contribution is 5.74. The Kier molecular flexibility index (Phi) is 3.66. The topological polar surface area (TPSA) is 76.4 Å². The molecule has 4 N–H and O–H groups in total. The maximum atomic E-state index is 11.6. The molecule has 0 bridgehead atoms. The molecule has 0 radical (unpaired) electrons. The van der Waals surface area contributed by atoms with Gasteiger partial charge in [0, 0.05) is 13.2 Å². The van der Waals surface area contributed by atoms with Gasteiger partial charge < -0.3 is 21.1 Å². The van der Waals surface area contributed by atoms with Gasteiger partial charge in [0.2, 0.25) is 0 Å². The van der Waals surface area contributed by atoms with Crippen LogP contribution in [0.15, 0.2) is 0 Å². The number of hydrogen-bond acceptors (Lipinski definition) is 3. The molecular weight excluding hydrogens is 206 g/mol. The zero-order chi connectivity index (χ0) is 11.4. The third-order valence-electron chi connectivity index (χ3n) is 3.52. The van der Waals surface area contributed by atoms with Gasteiger partial charge in [-0.3, -0.25) is 0 Å². The molecule has 1 heterocycles. The first kappa shape index (κ1) is 11.7. The average Bonchev–Trinajstić information content (AvgIpc) is 2.83. The van der Waals surface area contributed by atoms with Crippen LogP contribution < -0.4 is 16.4 Å². The molecular formula is C11H21N3O2. The number of nitrogens with two attached hydrogens (primary N) is 1. The quantitative estimate of drug-likeness (QED) is 0.628. The van der Waals surface area contributed by atoms with Gasteiger partial charge in [0.1, 0.15) is 0 Å². The number of rotatable bonds is 5. The number of nitrogens with one attached hydrogen (secondary N) is 2. The number of amides is 2. The summed E-state index contributed by atoms with van der Waals surface area (Å²) in [5.74, 6) is 0. The molecule has 2 amide bonds. The lowest BCUT2D eigenvalue weighted by atomic mass is 10.0. The first-order valence-electron chi connectivity index (χ1n) is 6.06. The second-order valence-corrected chi connectivity index (χ2v) is 4.93. The number of ether oxygens (including phenoxy) is 1. The van der Waals surface area contributed by atoms with Gasteiger partial charge in [-0.2, -0.15) is 0 Å². The summed E-state index contributed by atoms with van der Waals surface area (Å²) in [5.41, 5.74) is 5.85. The van der Waals surface area contributed by atoms with Crippen molar-refractivity contribution in [1.29, 1.82) is 0 Å². The summed E-state index contributed by atoms with van der Waals surface area (Å²) in [6.07, 6.45) is 4.31. The minimum absolute atomic E-state index is 0.0706. The molecule has 1 aliphatic carbocycles. The van der Waals surface area contributed by atoms with Crippen molar-refractivity contribution in [1.82, 2.24) is 10.6 Å². The molecule has 16 heavy (non-hydrogen) atoms. The fourth-order valence-electron chi connectivity index (χ4n) is 2.15. The first-order valence-corrected chi connectivity index (χ1v) is 6.06. The summed E-state index contributed by atoms with van der Waals surface area (Å²) in [6.45, 7) is 2.85. The fraction of sp³-hybridized carbons (Fsp3) is 0.909. The van der Waals surface area contributed by atoms with E-state index in [2.05, 4.69) is 10.6 Å². The Morgan fingerprint density at radius 3 is 2.88 bits per heavy atom. The van der Waals surface area contributed by atoms with Crippen molar-refractivity contribution in [2.45, 2.75) is 31.7 Å². The summed E-state index contributed by atoms with van der Waals surface area (Å²) >= 11 is 0. The van der Waals surface area contributed by atoms with E-state index in [0.29, 0.717) is 18.6 Å². The Bertz CT molecular complexity index is 248. The largest absolute Gasteiger partial charge is 0.379 e. The Balaban J connectivity index is 1.63. The monoisotopic (exact) mass is 227 g/mol. The standard InChI is InChI=1S/C11H21N3O2/c12-5-4-11(2-3-11)8-13-10(15)14-9-1-6-16-7-9/h9H,1-8,12H2,(H2,13,14,15). The predicted octanol–water partition coefficient (Wildman–Crippen LogP) is 0.203. The summed E-state index contributed by atoms with van der Waals surface area (Å²) in [7, 11) is 0. The molecule has 0 spiro atoms. The van der Waals surface area contributed by atoms with Gasteiger partial charge in [-0.25, -0.2) is 4.79 Å². The highest BCUT2D eigenvalue weighted by Gasteiger charge is 2.41. The van der Waals surface area contributed by atoms with E-state index in [9.17, 15) is 4.79 Å². The van der Waals surface area contributed by atoms with E-state index in [1.54, 1.807) is 0 Å². The van der Waals surface area contributed by atoms with Crippen molar-refractivity contribution in [3.63, 3.8) is 0 Å². The molecule has 2 fully saturated rings. The van der Waals surface area contributed by atoms with Crippen molar-refractivity contribution in [2.24, 2.45) is 11.1 Å². The van der Waals surface area contributed by atoms with E-state index in [4.69, 9.17) is 10.5 Å². The third-order valence-corrected chi connectivity index (χ3v) is 3.52. The van der Waals surface area contributed by atoms with Crippen LogP contribution in [0.3, 0.4) is 0 Å². The molecule has 5 heteroatoms. The van der Waals surface area contributed by atoms with Crippen LogP contribution in [0, 0.1) is 5.41 Å². The van der Waals surface area contributed by atoms with Crippen molar-refractivity contribution < 1.29 is 9.53 Å². The number of carbonyl (C=O) groups is 1. The molecule has 2 rings (SSSR count). The van der Waals surface area contributed by atoms with Gasteiger partial charge in [-0.1, -0.05) is 0 Å². The third kappa shape index (κ3) is 3.09. The lowest BCUT2D eigenvalue weighted by Gasteiger charge is -2.17. The van der Waals surface area contributed by atoms with Crippen LogP contribution in [0.4, 0.5) is 4.79 Å². The molecule has 1 unspecified atom stereocenters. The van der Waals surface area contributed by atoms with Gasteiger partial charge in [-0.15, -0.1) is 0 Å². The smallest absolute Gasteiger partial charge is 0.315 e. The van der Waals surface area contributed by atoms with Crippen molar-refractivity contribution in [3.8, 4) is 0 Å². The van der Waals surface area contributed by atoms with Gasteiger partial charge in [0.15, 0.2) is 0 Å². The van der Waals surface area contributed by atoms with E-state index in [1.165, 1.54) is 12.8 Å². The minimum Gasteiger partial charge on any atom is -0.379 e. The molecule has 0 aromatic carbocycles. The summed E-state index contributed by atoms with van der Waals surface area (Å²) in [6, 6.07) is 0.114. The van der Waals surface area contributed by atoms with Crippen LogP contribution in [0.1, 0.15) is 25.7 Å². The molecule has 1 aliphatic heterocycles. The van der Waals surface area contributed by atoms with E-state index in [0.717, 1.165) is 26.0 Å². The van der Waals surface area contributed by atoms with E-state index >= 15 is 0 Å². The summed E-state index contributed by atoms with van der Waals surface area (Å²) in [4.78, 5) is 11.6. The van der Waals surface area contributed by atoms with Gasteiger partial charge in [0.05, 0.1) is 12.6 Å². The second kappa shape index (κ2) is 5.01. The average molecular weight is 227 g/mol. The second-order valence-electron chi connectivity index (χ2n) is 4.93. The zero-order valence-electron chi connectivity index (χ0n) is 9.63. The Labute approximate surface area is 96.1 Å². The molecule has 92 valence electrons. The van der Waals surface area contributed by atoms with E-state index < -0.39 is 0 Å². The van der Waals surface area contributed by atoms with E-state index in [-0.39, 0.29) is 12.1 Å².